The smallest absolute Gasteiger partial charge is 0.248 e. The Balaban J connectivity index is 1.97. The van der Waals surface area contributed by atoms with Gasteiger partial charge in [-0.25, -0.2) is 19.3 Å². The molecule has 0 spiro atoms. The summed E-state index contributed by atoms with van der Waals surface area (Å²) in [5.74, 6) is -0.311. The number of benzene rings is 2. The summed E-state index contributed by atoms with van der Waals surface area (Å²) in [5.41, 5.74) is 4.31. The van der Waals surface area contributed by atoms with Crippen molar-refractivity contribution in [2.45, 2.75) is 20.8 Å². The summed E-state index contributed by atoms with van der Waals surface area (Å²) in [6.07, 6.45) is 3.01. The highest BCUT2D eigenvalue weighted by Crippen LogP contribution is 2.41. The molecule has 0 bridgehead atoms. The molecule has 2 aromatic heterocycles. The number of carbonyl (C=O) groups is 1. The molecular weight excluding hydrogens is 383 g/mol. The van der Waals surface area contributed by atoms with E-state index in [-0.39, 0.29) is 17.6 Å². The van der Waals surface area contributed by atoms with Crippen molar-refractivity contribution in [1.82, 2.24) is 15.1 Å². The molecule has 7 heteroatoms. The molecule has 2 heterocycles. The van der Waals surface area contributed by atoms with E-state index >= 15 is 0 Å². The van der Waals surface area contributed by atoms with Gasteiger partial charge in [-0.2, -0.15) is 0 Å². The van der Waals surface area contributed by atoms with E-state index in [0.29, 0.717) is 33.8 Å². The maximum atomic E-state index is 13.8. The van der Waals surface area contributed by atoms with Crippen LogP contribution in [-0.4, -0.2) is 21.0 Å². The number of hydrogen-bond acceptors (Lipinski definition) is 5. The topological polar surface area (TPSA) is 72.1 Å². The highest BCUT2D eigenvalue weighted by molar-refractivity contribution is 6.03. The van der Waals surface area contributed by atoms with Gasteiger partial charge in [0.15, 0.2) is 0 Å². The molecule has 0 atom stereocenters. The molecule has 30 heavy (non-hydrogen) atoms. The average Bonchev–Trinajstić information content (AvgIpc) is 3.15. The lowest BCUT2D eigenvalue weighted by Gasteiger charge is -2.19. The van der Waals surface area contributed by atoms with E-state index in [4.69, 9.17) is 4.52 Å². The Bertz CT molecular complexity index is 1220. The number of hydrogen-bond donors (Lipinski definition) is 0. The van der Waals surface area contributed by atoms with Gasteiger partial charge >= 0.3 is 0 Å². The molecule has 0 radical (unpaired) electrons. The van der Waals surface area contributed by atoms with E-state index in [1.54, 1.807) is 31.3 Å². The first-order valence-electron chi connectivity index (χ1n) is 9.35. The third-order valence-electron chi connectivity index (χ3n) is 4.72. The van der Waals surface area contributed by atoms with E-state index in [9.17, 15) is 9.18 Å². The molecule has 0 saturated heterocycles. The number of amides is 1. The summed E-state index contributed by atoms with van der Waals surface area (Å²) in [7, 11) is 0. The number of anilines is 2. The van der Waals surface area contributed by atoms with Crippen molar-refractivity contribution < 1.29 is 13.7 Å². The number of aromatic nitrogens is 3. The van der Waals surface area contributed by atoms with Gasteiger partial charge in [-0.05, 0) is 61.4 Å². The minimum atomic E-state index is -0.309. The van der Waals surface area contributed by atoms with Gasteiger partial charge in [-0.15, -0.1) is 0 Å². The normalized spacial score (nSPS) is 10.8. The lowest BCUT2D eigenvalue weighted by Crippen LogP contribution is -2.23. The SMILES string of the molecule is CC(=O)N(c1cccc(C)c1)c1onc(-c2ccc(F)c(C)c2)c1-c1ccncn1. The van der Waals surface area contributed by atoms with Crippen molar-refractivity contribution in [2.75, 3.05) is 4.90 Å². The third kappa shape index (κ3) is 3.57. The molecule has 150 valence electrons. The van der Waals surface area contributed by atoms with Gasteiger partial charge in [0.05, 0.1) is 16.9 Å². The first-order valence-corrected chi connectivity index (χ1v) is 9.35. The first-order chi connectivity index (χ1) is 14.5. The van der Waals surface area contributed by atoms with Crippen molar-refractivity contribution >= 4 is 17.5 Å². The largest absolute Gasteiger partial charge is 0.336 e. The fraction of sp³-hybridized carbons (Fsp3) is 0.130. The summed E-state index contributed by atoms with van der Waals surface area (Å²) in [6.45, 7) is 5.08. The summed E-state index contributed by atoms with van der Waals surface area (Å²) < 4.78 is 19.5. The fourth-order valence-electron chi connectivity index (χ4n) is 3.30. The van der Waals surface area contributed by atoms with Gasteiger partial charge < -0.3 is 4.52 Å². The number of rotatable bonds is 4. The fourth-order valence-corrected chi connectivity index (χ4v) is 3.30. The van der Waals surface area contributed by atoms with Crippen LogP contribution >= 0.6 is 0 Å². The van der Waals surface area contributed by atoms with Crippen LogP contribution in [0.25, 0.3) is 22.5 Å². The van der Waals surface area contributed by atoms with Crippen LogP contribution in [0.3, 0.4) is 0 Å². The Morgan fingerprint density at radius 2 is 1.93 bits per heavy atom. The molecule has 4 aromatic rings. The second-order valence-corrected chi connectivity index (χ2v) is 6.96. The Morgan fingerprint density at radius 3 is 2.60 bits per heavy atom. The molecule has 6 nitrogen and oxygen atoms in total. The van der Waals surface area contributed by atoms with Crippen LogP contribution in [0.15, 0.2) is 65.6 Å². The van der Waals surface area contributed by atoms with E-state index in [1.165, 1.54) is 24.2 Å². The Kier molecular flexibility index (Phi) is 5.10. The molecule has 0 saturated carbocycles. The number of carbonyl (C=O) groups excluding carboxylic acids is 1. The minimum absolute atomic E-state index is 0.240. The van der Waals surface area contributed by atoms with Gasteiger partial charge in [-0.1, -0.05) is 17.3 Å². The second-order valence-electron chi connectivity index (χ2n) is 6.96. The van der Waals surface area contributed by atoms with Gasteiger partial charge in [0, 0.05) is 18.7 Å². The zero-order valence-corrected chi connectivity index (χ0v) is 16.8. The Labute approximate surface area is 173 Å². The number of aryl methyl sites for hydroxylation is 2. The second kappa shape index (κ2) is 7.87. The van der Waals surface area contributed by atoms with Crippen LogP contribution in [0.1, 0.15) is 18.1 Å². The Hall–Kier alpha value is -3.87. The maximum absolute atomic E-state index is 13.8. The van der Waals surface area contributed by atoms with Crippen molar-refractivity contribution in [1.29, 1.82) is 0 Å². The van der Waals surface area contributed by atoms with Crippen LogP contribution < -0.4 is 4.90 Å². The van der Waals surface area contributed by atoms with Crippen LogP contribution in [-0.2, 0) is 4.79 Å². The molecule has 0 N–H and O–H groups in total. The standard InChI is InChI=1S/C23H19FN4O2/c1-14-5-4-6-18(11-14)28(16(3)29)23-21(20-9-10-25-13-26-20)22(27-30-23)17-7-8-19(24)15(2)12-17/h4-13H,1-3H3. The highest BCUT2D eigenvalue weighted by atomic mass is 19.1. The Morgan fingerprint density at radius 1 is 1.10 bits per heavy atom. The lowest BCUT2D eigenvalue weighted by atomic mass is 10.0. The van der Waals surface area contributed by atoms with Gasteiger partial charge in [-0.3, -0.25) is 4.79 Å². The summed E-state index contributed by atoms with van der Waals surface area (Å²) >= 11 is 0. The molecule has 0 aliphatic rings. The average molecular weight is 402 g/mol. The maximum Gasteiger partial charge on any atom is 0.248 e. The molecule has 0 unspecified atom stereocenters. The predicted octanol–water partition coefficient (Wildman–Crippen LogP) is 5.24. The zero-order valence-electron chi connectivity index (χ0n) is 16.8. The van der Waals surface area contributed by atoms with E-state index in [2.05, 4.69) is 15.1 Å². The third-order valence-corrected chi connectivity index (χ3v) is 4.72. The quantitative estimate of drug-likeness (QED) is 0.467. The molecule has 0 fully saturated rings. The number of nitrogens with zero attached hydrogens (tertiary/aromatic N) is 4. The molecule has 1 amide bonds. The lowest BCUT2D eigenvalue weighted by molar-refractivity contribution is -0.116. The van der Waals surface area contributed by atoms with Gasteiger partial charge in [0.2, 0.25) is 11.8 Å². The molecule has 4 rings (SSSR count). The van der Waals surface area contributed by atoms with E-state index < -0.39 is 0 Å². The van der Waals surface area contributed by atoms with E-state index in [1.807, 2.05) is 31.2 Å². The monoisotopic (exact) mass is 402 g/mol. The van der Waals surface area contributed by atoms with Crippen LogP contribution in [0, 0.1) is 19.7 Å². The van der Waals surface area contributed by atoms with E-state index in [0.717, 1.165) is 5.56 Å². The van der Waals surface area contributed by atoms with Crippen molar-refractivity contribution in [3.8, 4) is 22.5 Å². The van der Waals surface area contributed by atoms with Gasteiger partial charge in [0.1, 0.15) is 17.8 Å². The summed E-state index contributed by atoms with van der Waals surface area (Å²) in [4.78, 5) is 22.4. The number of halogens is 1. The van der Waals surface area contributed by atoms with Crippen LogP contribution in [0.2, 0.25) is 0 Å². The predicted molar refractivity (Wildman–Crippen MR) is 112 cm³/mol. The first kappa shape index (κ1) is 19.4. The molecule has 0 aliphatic carbocycles. The highest BCUT2D eigenvalue weighted by Gasteiger charge is 2.28. The molecular formula is C23H19FN4O2. The summed E-state index contributed by atoms with van der Waals surface area (Å²) in [6, 6.07) is 13.9. The van der Waals surface area contributed by atoms with Crippen LogP contribution in [0.4, 0.5) is 16.0 Å². The molecule has 2 aromatic carbocycles. The minimum Gasteiger partial charge on any atom is -0.336 e. The zero-order chi connectivity index (χ0) is 21.3. The van der Waals surface area contributed by atoms with Crippen molar-refractivity contribution in [3.63, 3.8) is 0 Å². The molecule has 0 aliphatic heterocycles. The van der Waals surface area contributed by atoms with Crippen molar-refractivity contribution in [3.05, 3.63) is 78.0 Å². The van der Waals surface area contributed by atoms with Crippen LogP contribution in [0.5, 0.6) is 0 Å². The van der Waals surface area contributed by atoms with Crippen molar-refractivity contribution in [2.24, 2.45) is 0 Å². The summed E-state index contributed by atoms with van der Waals surface area (Å²) in [5, 5.41) is 4.23. The van der Waals surface area contributed by atoms with Gasteiger partial charge in [0.25, 0.3) is 0 Å².